The average molecular weight is 302 g/mol. The number of aliphatic hydroxyl groups excluding tert-OH is 1. The third-order valence-corrected chi connectivity index (χ3v) is 4.06. The molecule has 1 atom stereocenters. The largest absolute Gasteiger partial charge is 0.388 e. The second kappa shape index (κ2) is 5.88. The van der Waals surface area contributed by atoms with Crippen LogP contribution in [0.5, 0.6) is 0 Å². The van der Waals surface area contributed by atoms with E-state index < -0.39 is 6.10 Å². The molecule has 21 heavy (non-hydrogen) atoms. The Kier molecular flexibility index (Phi) is 3.95. The topological polar surface area (TPSA) is 40.5 Å². The summed E-state index contributed by atoms with van der Waals surface area (Å²) in [5.74, 6) is -0.0533. The summed E-state index contributed by atoms with van der Waals surface area (Å²) in [6.07, 6.45) is 0.150. The number of benzene rings is 2. The number of nitrogens with zero attached hydrogens (tertiary/aromatic N) is 1. The second-order valence-corrected chi connectivity index (χ2v) is 5.63. The maximum absolute atomic E-state index is 12.4. The number of carbonyl (C=O) groups is 1. The lowest BCUT2D eigenvalue weighted by molar-refractivity contribution is -0.120. The van der Waals surface area contributed by atoms with E-state index in [1.807, 2.05) is 24.3 Å². The summed E-state index contributed by atoms with van der Waals surface area (Å²) < 4.78 is 0. The van der Waals surface area contributed by atoms with Crippen molar-refractivity contribution in [1.82, 2.24) is 0 Å². The standard InChI is InChI=1S/C17H16ClNO2/c18-14-7-5-13(6-8-14)16(20)11-17(21)19-10-9-12-3-1-2-4-15(12)19/h1-8,16,20H,9-11H2. The van der Waals surface area contributed by atoms with Gasteiger partial charge in [0.2, 0.25) is 5.91 Å². The highest BCUT2D eigenvalue weighted by Gasteiger charge is 2.25. The molecular formula is C17H16ClNO2. The maximum Gasteiger partial charge on any atom is 0.229 e. The zero-order valence-corrected chi connectivity index (χ0v) is 12.3. The lowest BCUT2D eigenvalue weighted by Crippen LogP contribution is -2.30. The van der Waals surface area contributed by atoms with Crippen molar-refractivity contribution in [3.63, 3.8) is 0 Å². The molecule has 0 bridgehead atoms. The minimum absolute atomic E-state index is 0.0533. The highest BCUT2D eigenvalue weighted by atomic mass is 35.5. The highest BCUT2D eigenvalue weighted by molar-refractivity contribution is 6.30. The molecule has 0 spiro atoms. The third-order valence-electron chi connectivity index (χ3n) is 3.81. The number of para-hydroxylation sites is 1. The fraction of sp³-hybridized carbons (Fsp3) is 0.235. The Labute approximate surface area is 128 Å². The molecule has 1 N–H and O–H groups in total. The molecule has 108 valence electrons. The van der Waals surface area contributed by atoms with Crippen LogP contribution in [0.1, 0.15) is 23.7 Å². The van der Waals surface area contributed by atoms with Crippen molar-refractivity contribution in [2.24, 2.45) is 0 Å². The van der Waals surface area contributed by atoms with Crippen LogP contribution in [0.15, 0.2) is 48.5 Å². The van der Waals surface area contributed by atoms with Crippen LogP contribution in [0.4, 0.5) is 5.69 Å². The van der Waals surface area contributed by atoms with E-state index >= 15 is 0 Å². The predicted octanol–water partition coefficient (Wildman–Crippen LogP) is 3.35. The van der Waals surface area contributed by atoms with Crippen molar-refractivity contribution in [3.8, 4) is 0 Å². The van der Waals surface area contributed by atoms with Gasteiger partial charge in [0.05, 0.1) is 12.5 Å². The van der Waals surface area contributed by atoms with Crippen molar-refractivity contribution in [2.45, 2.75) is 18.9 Å². The van der Waals surface area contributed by atoms with E-state index in [0.717, 1.165) is 12.1 Å². The first-order valence-corrected chi connectivity index (χ1v) is 7.35. The van der Waals surface area contributed by atoms with Gasteiger partial charge in [-0.25, -0.2) is 0 Å². The molecule has 2 aromatic rings. The Hall–Kier alpha value is -1.84. The maximum atomic E-state index is 12.4. The molecule has 0 aromatic heterocycles. The van der Waals surface area contributed by atoms with E-state index in [4.69, 9.17) is 11.6 Å². The molecule has 0 saturated heterocycles. The Balaban J connectivity index is 1.71. The van der Waals surface area contributed by atoms with Gasteiger partial charge in [-0.1, -0.05) is 41.9 Å². The van der Waals surface area contributed by atoms with E-state index in [1.54, 1.807) is 29.2 Å². The highest BCUT2D eigenvalue weighted by Crippen LogP contribution is 2.29. The van der Waals surface area contributed by atoms with Crippen LogP contribution in [0.3, 0.4) is 0 Å². The van der Waals surface area contributed by atoms with E-state index in [1.165, 1.54) is 5.56 Å². The quantitative estimate of drug-likeness (QED) is 0.944. The normalized spacial score (nSPS) is 14.9. The van der Waals surface area contributed by atoms with Crippen molar-refractivity contribution in [2.75, 3.05) is 11.4 Å². The summed E-state index contributed by atoms with van der Waals surface area (Å²) >= 11 is 5.83. The van der Waals surface area contributed by atoms with Gasteiger partial charge in [0.1, 0.15) is 0 Å². The first-order chi connectivity index (χ1) is 10.1. The molecule has 0 saturated carbocycles. The molecule has 3 nitrogen and oxygen atoms in total. The molecule has 1 aliphatic rings. The lowest BCUT2D eigenvalue weighted by Gasteiger charge is -2.19. The van der Waals surface area contributed by atoms with Crippen LogP contribution in [0, 0.1) is 0 Å². The van der Waals surface area contributed by atoms with Gasteiger partial charge in [-0.15, -0.1) is 0 Å². The van der Waals surface area contributed by atoms with Gasteiger partial charge in [-0.3, -0.25) is 4.79 Å². The number of hydrogen-bond acceptors (Lipinski definition) is 2. The van der Waals surface area contributed by atoms with Gasteiger partial charge < -0.3 is 10.0 Å². The second-order valence-electron chi connectivity index (χ2n) is 5.20. The van der Waals surface area contributed by atoms with Crippen molar-refractivity contribution in [1.29, 1.82) is 0 Å². The van der Waals surface area contributed by atoms with E-state index in [2.05, 4.69) is 0 Å². The fourth-order valence-corrected chi connectivity index (χ4v) is 2.80. The van der Waals surface area contributed by atoms with Gasteiger partial charge in [0.25, 0.3) is 0 Å². The SMILES string of the molecule is O=C(CC(O)c1ccc(Cl)cc1)N1CCc2ccccc21. The predicted molar refractivity (Wildman–Crippen MR) is 83.5 cm³/mol. The molecule has 1 amide bonds. The van der Waals surface area contributed by atoms with Gasteiger partial charge in [0.15, 0.2) is 0 Å². The van der Waals surface area contributed by atoms with Gasteiger partial charge >= 0.3 is 0 Å². The summed E-state index contributed by atoms with van der Waals surface area (Å²) in [4.78, 5) is 14.2. The Bertz CT molecular complexity index is 654. The smallest absolute Gasteiger partial charge is 0.229 e. The molecule has 0 aliphatic carbocycles. The first kappa shape index (κ1) is 14.1. The molecule has 4 heteroatoms. The minimum atomic E-state index is -0.803. The number of rotatable bonds is 3. The van der Waals surface area contributed by atoms with Crippen LogP contribution in [-0.2, 0) is 11.2 Å². The number of amides is 1. The van der Waals surface area contributed by atoms with Gasteiger partial charge in [-0.2, -0.15) is 0 Å². The molecule has 2 aromatic carbocycles. The molecule has 3 rings (SSSR count). The fourth-order valence-electron chi connectivity index (χ4n) is 2.68. The number of carbonyl (C=O) groups excluding carboxylic acids is 1. The summed E-state index contributed by atoms with van der Waals surface area (Å²) in [5.41, 5.74) is 2.86. The molecule has 1 heterocycles. The molecule has 0 fully saturated rings. The number of halogens is 1. The summed E-state index contributed by atoms with van der Waals surface area (Å²) in [7, 11) is 0. The molecule has 1 unspecified atom stereocenters. The molecular weight excluding hydrogens is 286 g/mol. The zero-order valence-electron chi connectivity index (χ0n) is 11.5. The third kappa shape index (κ3) is 2.94. The van der Waals surface area contributed by atoms with Crippen molar-refractivity contribution < 1.29 is 9.90 Å². The van der Waals surface area contributed by atoms with Crippen LogP contribution < -0.4 is 4.90 Å². The lowest BCUT2D eigenvalue weighted by atomic mass is 10.1. The van der Waals surface area contributed by atoms with Crippen molar-refractivity contribution in [3.05, 3.63) is 64.7 Å². The van der Waals surface area contributed by atoms with Crippen LogP contribution in [-0.4, -0.2) is 17.6 Å². The molecule has 0 radical (unpaired) electrons. The van der Waals surface area contributed by atoms with Gasteiger partial charge in [-0.05, 0) is 35.7 Å². The summed E-state index contributed by atoms with van der Waals surface area (Å²) in [6.45, 7) is 0.686. The monoisotopic (exact) mass is 301 g/mol. The van der Waals surface area contributed by atoms with Crippen LogP contribution >= 0.6 is 11.6 Å². The number of fused-ring (bicyclic) bond motifs is 1. The summed E-state index contributed by atoms with van der Waals surface area (Å²) in [6, 6.07) is 14.8. The number of hydrogen-bond donors (Lipinski definition) is 1. The van der Waals surface area contributed by atoms with E-state index in [-0.39, 0.29) is 12.3 Å². The Morgan fingerprint density at radius 3 is 2.67 bits per heavy atom. The molecule has 1 aliphatic heterocycles. The van der Waals surface area contributed by atoms with E-state index in [9.17, 15) is 9.90 Å². The van der Waals surface area contributed by atoms with Gasteiger partial charge in [0, 0.05) is 17.3 Å². The summed E-state index contributed by atoms with van der Waals surface area (Å²) in [5, 5.41) is 10.8. The van der Waals surface area contributed by atoms with E-state index in [0.29, 0.717) is 17.1 Å². The average Bonchev–Trinajstić information content (AvgIpc) is 2.92. The minimum Gasteiger partial charge on any atom is -0.388 e. The zero-order chi connectivity index (χ0) is 14.8. The van der Waals surface area contributed by atoms with Crippen LogP contribution in [0.2, 0.25) is 5.02 Å². The van der Waals surface area contributed by atoms with Crippen molar-refractivity contribution >= 4 is 23.2 Å². The first-order valence-electron chi connectivity index (χ1n) is 6.97. The van der Waals surface area contributed by atoms with Crippen LogP contribution in [0.25, 0.3) is 0 Å². The number of anilines is 1. The Morgan fingerprint density at radius 2 is 1.90 bits per heavy atom. The Morgan fingerprint density at radius 1 is 1.19 bits per heavy atom. The number of aliphatic hydroxyl groups is 1.